The fourth-order valence-corrected chi connectivity index (χ4v) is 3.21. The van der Waals surface area contributed by atoms with Gasteiger partial charge in [-0.3, -0.25) is 4.79 Å². The fraction of sp³-hybridized carbons (Fsp3) is 0.647. The van der Waals surface area contributed by atoms with E-state index in [9.17, 15) is 18.0 Å². The van der Waals surface area contributed by atoms with Crippen molar-refractivity contribution < 1.29 is 17.6 Å². The van der Waals surface area contributed by atoms with Gasteiger partial charge in [0.1, 0.15) is 11.3 Å². The number of rotatable bonds is 8. The number of carbonyl (C=O) groups excluding carboxylic acids is 1. The summed E-state index contributed by atoms with van der Waals surface area (Å²) >= 11 is 0. The Labute approximate surface area is 143 Å². The average Bonchev–Trinajstić information content (AvgIpc) is 2.46. The molecule has 0 aliphatic carbocycles. The first-order chi connectivity index (χ1) is 11.1. The second-order valence-electron chi connectivity index (χ2n) is 6.36. The smallest absolute Gasteiger partial charge is 0.349 e. The Bertz CT molecular complexity index is 734. The Balaban J connectivity index is 2.87. The van der Waals surface area contributed by atoms with Gasteiger partial charge in [-0.2, -0.15) is 0 Å². The Hall–Kier alpha value is -1.63. The summed E-state index contributed by atoms with van der Waals surface area (Å²) in [4.78, 5) is 24.3. The highest BCUT2D eigenvalue weighted by Gasteiger charge is 2.20. The average molecular weight is 357 g/mol. The Morgan fingerprint density at radius 2 is 1.92 bits per heavy atom. The highest BCUT2D eigenvalue weighted by atomic mass is 32.2. The topological polar surface area (TPSA) is 93.5 Å². The normalized spacial score (nSPS) is 13.1. The lowest BCUT2D eigenvalue weighted by atomic mass is 10.0. The molecule has 0 saturated carbocycles. The fourth-order valence-electron chi connectivity index (χ4n) is 2.35. The van der Waals surface area contributed by atoms with Crippen molar-refractivity contribution in [2.75, 3.05) is 12.3 Å². The van der Waals surface area contributed by atoms with Crippen LogP contribution < -0.4 is 10.9 Å². The Morgan fingerprint density at radius 1 is 1.29 bits per heavy atom. The molecule has 7 heteroatoms. The minimum absolute atomic E-state index is 0.0355. The summed E-state index contributed by atoms with van der Waals surface area (Å²) in [6.45, 7) is 8.84. The molecule has 6 nitrogen and oxygen atoms in total. The quantitative estimate of drug-likeness (QED) is 0.771. The van der Waals surface area contributed by atoms with E-state index in [1.807, 2.05) is 6.92 Å². The minimum atomic E-state index is -3.24. The third-order valence-corrected chi connectivity index (χ3v) is 6.20. The Kier molecular flexibility index (Phi) is 7.20. The summed E-state index contributed by atoms with van der Waals surface area (Å²) in [5.74, 6) is -0.0882. The summed E-state index contributed by atoms with van der Waals surface area (Å²) < 4.78 is 28.7. The van der Waals surface area contributed by atoms with Gasteiger partial charge in [-0.1, -0.05) is 20.3 Å². The van der Waals surface area contributed by atoms with Crippen LogP contribution >= 0.6 is 0 Å². The van der Waals surface area contributed by atoms with Gasteiger partial charge >= 0.3 is 5.63 Å². The molecule has 1 aromatic rings. The molecule has 0 aromatic carbocycles. The molecule has 1 rings (SSSR count). The summed E-state index contributed by atoms with van der Waals surface area (Å²) in [6.07, 6.45) is 1.86. The largest absolute Gasteiger partial charge is 0.427 e. The number of amides is 1. The van der Waals surface area contributed by atoms with Crippen molar-refractivity contribution >= 4 is 15.7 Å². The van der Waals surface area contributed by atoms with Gasteiger partial charge in [0.25, 0.3) is 5.91 Å². The summed E-state index contributed by atoms with van der Waals surface area (Å²) in [5, 5.41) is 1.99. The van der Waals surface area contributed by atoms with Crippen LogP contribution in [0.1, 0.15) is 68.1 Å². The summed E-state index contributed by atoms with van der Waals surface area (Å²) in [5.41, 5.74) is -0.213. The van der Waals surface area contributed by atoms with E-state index in [-0.39, 0.29) is 23.8 Å². The van der Waals surface area contributed by atoms with Crippen LogP contribution in [0, 0.1) is 6.92 Å². The van der Waals surface area contributed by atoms with Crippen LogP contribution in [-0.2, 0) is 9.84 Å². The number of hydrogen-bond donors (Lipinski definition) is 1. The van der Waals surface area contributed by atoms with Crippen molar-refractivity contribution in [2.45, 2.75) is 58.6 Å². The number of nitrogens with one attached hydrogen (secondary N) is 1. The number of aryl methyl sites for hydroxylation is 1. The number of sulfone groups is 1. The molecule has 0 spiro atoms. The lowest BCUT2D eigenvalue weighted by Gasteiger charge is -2.12. The van der Waals surface area contributed by atoms with E-state index in [1.54, 1.807) is 26.8 Å². The lowest BCUT2D eigenvalue weighted by Crippen LogP contribution is -2.34. The molecule has 136 valence electrons. The molecule has 0 fully saturated rings. The van der Waals surface area contributed by atoms with Gasteiger partial charge in [-0.25, -0.2) is 13.2 Å². The lowest BCUT2D eigenvalue weighted by molar-refractivity contribution is 0.0951. The molecule has 1 amide bonds. The second-order valence-corrected chi connectivity index (χ2v) is 9.03. The predicted molar refractivity (Wildman–Crippen MR) is 94.3 cm³/mol. The molecule has 1 unspecified atom stereocenters. The van der Waals surface area contributed by atoms with Crippen molar-refractivity contribution in [3.05, 3.63) is 33.4 Å². The van der Waals surface area contributed by atoms with Gasteiger partial charge in [0, 0.05) is 12.5 Å². The molecule has 0 radical (unpaired) electrons. The van der Waals surface area contributed by atoms with E-state index in [0.29, 0.717) is 11.3 Å². The molecule has 24 heavy (non-hydrogen) atoms. The summed E-state index contributed by atoms with van der Waals surface area (Å²) in [7, 11) is -3.24. The van der Waals surface area contributed by atoms with E-state index in [1.165, 1.54) is 0 Å². The van der Waals surface area contributed by atoms with Gasteiger partial charge < -0.3 is 9.73 Å². The monoisotopic (exact) mass is 357 g/mol. The first-order valence-corrected chi connectivity index (χ1v) is 9.96. The number of carbonyl (C=O) groups is 1. The number of hydrogen-bond acceptors (Lipinski definition) is 5. The van der Waals surface area contributed by atoms with Gasteiger partial charge in [0.2, 0.25) is 0 Å². The van der Waals surface area contributed by atoms with E-state index >= 15 is 0 Å². The third kappa shape index (κ3) is 5.19. The van der Waals surface area contributed by atoms with Crippen LogP contribution in [0.25, 0.3) is 0 Å². The predicted octanol–water partition coefficient (Wildman–Crippen LogP) is 2.40. The van der Waals surface area contributed by atoms with E-state index in [4.69, 9.17) is 4.42 Å². The molecule has 0 saturated heterocycles. The van der Waals surface area contributed by atoms with Crippen LogP contribution in [0.15, 0.2) is 15.3 Å². The van der Waals surface area contributed by atoms with Crippen LogP contribution in [0.2, 0.25) is 0 Å². The maximum atomic E-state index is 12.2. The van der Waals surface area contributed by atoms with Crippen molar-refractivity contribution in [3.8, 4) is 0 Å². The first kappa shape index (κ1) is 20.4. The molecule has 1 N–H and O–H groups in total. The zero-order chi connectivity index (χ0) is 18.5. The Morgan fingerprint density at radius 3 is 2.42 bits per heavy atom. The van der Waals surface area contributed by atoms with Crippen LogP contribution in [0.3, 0.4) is 0 Å². The zero-order valence-corrected chi connectivity index (χ0v) is 15.8. The minimum Gasteiger partial charge on any atom is -0.427 e. The van der Waals surface area contributed by atoms with Gasteiger partial charge in [-0.05, 0) is 38.8 Å². The maximum absolute atomic E-state index is 12.2. The van der Waals surface area contributed by atoms with Gasteiger partial charge in [-0.15, -0.1) is 0 Å². The van der Waals surface area contributed by atoms with Crippen LogP contribution in [0.5, 0.6) is 0 Å². The SMILES string of the molecule is CCCC(C)c1cc(C)c(C(=O)NCCS(=O)(=O)C(C)C)c(=O)o1. The first-order valence-electron chi connectivity index (χ1n) is 8.24. The molecule has 0 aliphatic rings. The maximum Gasteiger partial charge on any atom is 0.349 e. The third-order valence-electron chi connectivity index (χ3n) is 3.99. The molecule has 0 bridgehead atoms. The molecular weight excluding hydrogens is 330 g/mol. The molecule has 1 heterocycles. The van der Waals surface area contributed by atoms with Crippen molar-refractivity contribution in [2.24, 2.45) is 0 Å². The summed E-state index contributed by atoms with van der Waals surface area (Å²) in [6, 6.07) is 1.71. The zero-order valence-electron chi connectivity index (χ0n) is 15.0. The van der Waals surface area contributed by atoms with Crippen molar-refractivity contribution in [3.63, 3.8) is 0 Å². The highest BCUT2D eigenvalue weighted by molar-refractivity contribution is 7.92. The van der Waals surface area contributed by atoms with Gasteiger partial charge in [0.05, 0.1) is 11.0 Å². The molecule has 1 atom stereocenters. The van der Waals surface area contributed by atoms with E-state index < -0.39 is 26.6 Å². The van der Waals surface area contributed by atoms with E-state index in [2.05, 4.69) is 12.2 Å². The van der Waals surface area contributed by atoms with Crippen molar-refractivity contribution in [1.29, 1.82) is 0 Å². The van der Waals surface area contributed by atoms with Crippen LogP contribution in [0.4, 0.5) is 0 Å². The molecule has 0 aliphatic heterocycles. The van der Waals surface area contributed by atoms with E-state index in [0.717, 1.165) is 12.8 Å². The molecule has 1 aromatic heterocycles. The second kappa shape index (κ2) is 8.46. The van der Waals surface area contributed by atoms with Crippen molar-refractivity contribution in [1.82, 2.24) is 5.32 Å². The highest BCUT2D eigenvalue weighted by Crippen LogP contribution is 2.21. The van der Waals surface area contributed by atoms with Crippen LogP contribution in [-0.4, -0.2) is 31.9 Å². The standard InChI is InChI=1S/C17H27NO5S/c1-6-7-12(4)14-10-13(5)15(17(20)23-14)16(19)18-8-9-24(21,22)11(2)3/h10-12H,6-9H2,1-5H3,(H,18,19). The van der Waals surface area contributed by atoms with Gasteiger partial charge in [0.15, 0.2) is 9.84 Å². The molecular formula is C17H27NO5S.